The minimum atomic E-state index is 0.126. The Balaban J connectivity index is 2.54. The highest BCUT2D eigenvalue weighted by molar-refractivity contribution is 6.19. The highest BCUT2D eigenvalue weighted by atomic mass is 35.5. The van der Waals surface area contributed by atoms with E-state index in [4.69, 9.17) is 16.7 Å². The Morgan fingerprint density at radius 2 is 1.92 bits per heavy atom. The SMILES string of the molecule is O=C(CCCl)Cc1ccc(O)cc1. The van der Waals surface area contributed by atoms with Gasteiger partial charge in [0.25, 0.3) is 0 Å². The second kappa shape index (κ2) is 4.87. The van der Waals surface area contributed by atoms with E-state index in [-0.39, 0.29) is 11.5 Å². The first kappa shape index (κ1) is 10.1. The van der Waals surface area contributed by atoms with Crippen molar-refractivity contribution in [1.82, 2.24) is 0 Å². The molecule has 0 aliphatic rings. The molecule has 2 nitrogen and oxygen atoms in total. The number of carbonyl (C=O) groups excluding carboxylic acids is 1. The van der Waals surface area contributed by atoms with Crippen molar-refractivity contribution in [2.24, 2.45) is 0 Å². The van der Waals surface area contributed by atoms with Gasteiger partial charge in [0.1, 0.15) is 11.5 Å². The van der Waals surface area contributed by atoms with Gasteiger partial charge in [-0.25, -0.2) is 0 Å². The summed E-state index contributed by atoms with van der Waals surface area (Å²) in [6, 6.07) is 6.62. The van der Waals surface area contributed by atoms with Crippen LogP contribution in [0.1, 0.15) is 12.0 Å². The molecule has 0 saturated heterocycles. The van der Waals surface area contributed by atoms with Crippen molar-refractivity contribution in [1.29, 1.82) is 0 Å². The van der Waals surface area contributed by atoms with E-state index in [1.54, 1.807) is 24.3 Å². The number of phenols is 1. The first-order valence-corrected chi connectivity index (χ1v) is 4.61. The Bertz CT molecular complexity index is 279. The minimum Gasteiger partial charge on any atom is -0.508 e. The maximum Gasteiger partial charge on any atom is 0.138 e. The summed E-state index contributed by atoms with van der Waals surface area (Å²) >= 11 is 5.43. The number of alkyl halides is 1. The molecule has 0 aliphatic heterocycles. The third-order valence-corrected chi connectivity index (χ3v) is 1.90. The molecular weight excluding hydrogens is 188 g/mol. The van der Waals surface area contributed by atoms with Gasteiger partial charge in [0.2, 0.25) is 0 Å². The van der Waals surface area contributed by atoms with Crippen molar-refractivity contribution < 1.29 is 9.90 Å². The molecule has 70 valence electrons. The first-order valence-electron chi connectivity index (χ1n) is 4.08. The summed E-state index contributed by atoms with van der Waals surface area (Å²) in [5.41, 5.74) is 0.910. The molecule has 13 heavy (non-hydrogen) atoms. The van der Waals surface area contributed by atoms with Crippen LogP contribution in [0.4, 0.5) is 0 Å². The third-order valence-electron chi connectivity index (χ3n) is 1.71. The Morgan fingerprint density at radius 3 is 2.46 bits per heavy atom. The number of Topliss-reactive ketones (excluding diaryl/α,β-unsaturated/α-hetero) is 1. The molecule has 0 heterocycles. The zero-order chi connectivity index (χ0) is 9.68. The number of aromatic hydroxyl groups is 1. The molecule has 1 N–H and O–H groups in total. The van der Waals surface area contributed by atoms with E-state index in [9.17, 15) is 4.79 Å². The van der Waals surface area contributed by atoms with Crippen LogP contribution in [0.15, 0.2) is 24.3 Å². The number of hydrogen-bond donors (Lipinski definition) is 1. The molecule has 0 aliphatic carbocycles. The van der Waals surface area contributed by atoms with Gasteiger partial charge >= 0.3 is 0 Å². The second-order valence-electron chi connectivity index (χ2n) is 2.82. The molecule has 3 heteroatoms. The summed E-state index contributed by atoms with van der Waals surface area (Å²) in [5.74, 6) is 0.714. The summed E-state index contributed by atoms with van der Waals surface area (Å²) in [5, 5.41) is 8.99. The van der Waals surface area contributed by atoms with E-state index < -0.39 is 0 Å². The Labute approximate surface area is 82.2 Å². The molecule has 0 amide bonds. The summed E-state index contributed by atoms with van der Waals surface area (Å²) in [7, 11) is 0. The number of benzene rings is 1. The lowest BCUT2D eigenvalue weighted by atomic mass is 10.1. The average molecular weight is 199 g/mol. The predicted molar refractivity (Wildman–Crippen MR) is 52.2 cm³/mol. The van der Waals surface area contributed by atoms with Crippen LogP contribution in [-0.2, 0) is 11.2 Å². The van der Waals surface area contributed by atoms with Crippen molar-refractivity contribution in [3.63, 3.8) is 0 Å². The van der Waals surface area contributed by atoms with Gasteiger partial charge in [-0.05, 0) is 17.7 Å². The van der Waals surface area contributed by atoms with Gasteiger partial charge in [0, 0.05) is 18.7 Å². The topological polar surface area (TPSA) is 37.3 Å². The Kier molecular flexibility index (Phi) is 3.77. The summed E-state index contributed by atoms with van der Waals surface area (Å²) < 4.78 is 0. The van der Waals surface area contributed by atoms with Crippen LogP contribution >= 0.6 is 11.6 Å². The lowest BCUT2D eigenvalue weighted by molar-refractivity contribution is -0.118. The quantitative estimate of drug-likeness (QED) is 0.753. The van der Waals surface area contributed by atoms with Crippen LogP contribution in [0, 0.1) is 0 Å². The van der Waals surface area contributed by atoms with E-state index >= 15 is 0 Å². The van der Waals surface area contributed by atoms with Gasteiger partial charge in [-0.3, -0.25) is 4.79 Å². The number of rotatable bonds is 4. The fourth-order valence-electron chi connectivity index (χ4n) is 1.04. The number of ketones is 1. The highest BCUT2D eigenvalue weighted by Crippen LogP contribution is 2.10. The molecule has 0 aromatic heterocycles. The van der Waals surface area contributed by atoms with Crippen LogP contribution in [-0.4, -0.2) is 16.8 Å². The molecule has 1 rings (SSSR count). The molecule has 0 spiro atoms. The highest BCUT2D eigenvalue weighted by Gasteiger charge is 2.02. The van der Waals surface area contributed by atoms with Crippen molar-refractivity contribution in [2.75, 3.05) is 5.88 Å². The van der Waals surface area contributed by atoms with Crippen LogP contribution in [0.3, 0.4) is 0 Å². The van der Waals surface area contributed by atoms with Crippen molar-refractivity contribution in [3.8, 4) is 5.75 Å². The molecule has 1 aromatic carbocycles. The van der Waals surface area contributed by atoms with Gasteiger partial charge in [0.15, 0.2) is 0 Å². The summed E-state index contributed by atoms with van der Waals surface area (Å²) in [6.07, 6.45) is 0.801. The third kappa shape index (κ3) is 3.47. The van der Waals surface area contributed by atoms with E-state index in [0.717, 1.165) is 5.56 Å². The zero-order valence-corrected chi connectivity index (χ0v) is 7.92. The van der Waals surface area contributed by atoms with Gasteiger partial charge < -0.3 is 5.11 Å². The Hall–Kier alpha value is -1.02. The zero-order valence-electron chi connectivity index (χ0n) is 7.16. The first-order chi connectivity index (χ1) is 6.22. The fraction of sp³-hybridized carbons (Fsp3) is 0.300. The van der Waals surface area contributed by atoms with E-state index in [1.807, 2.05) is 0 Å². The average Bonchev–Trinajstić information content (AvgIpc) is 2.09. The molecule has 0 fully saturated rings. The normalized spacial score (nSPS) is 9.92. The summed E-state index contributed by atoms with van der Waals surface area (Å²) in [6.45, 7) is 0. The maximum atomic E-state index is 11.2. The smallest absolute Gasteiger partial charge is 0.138 e. The van der Waals surface area contributed by atoms with E-state index in [2.05, 4.69) is 0 Å². The molecular formula is C10H11ClO2. The molecule has 1 aromatic rings. The monoisotopic (exact) mass is 198 g/mol. The van der Waals surface area contributed by atoms with Crippen LogP contribution in [0.25, 0.3) is 0 Å². The Morgan fingerprint density at radius 1 is 1.31 bits per heavy atom. The van der Waals surface area contributed by atoms with Crippen LogP contribution < -0.4 is 0 Å². The van der Waals surface area contributed by atoms with Crippen LogP contribution in [0.5, 0.6) is 5.75 Å². The largest absolute Gasteiger partial charge is 0.508 e. The second-order valence-corrected chi connectivity index (χ2v) is 3.20. The van der Waals surface area contributed by atoms with Crippen LogP contribution in [0.2, 0.25) is 0 Å². The lowest BCUT2D eigenvalue weighted by Crippen LogP contribution is -2.02. The molecule has 0 saturated carbocycles. The van der Waals surface area contributed by atoms with Crippen molar-refractivity contribution in [3.05, 3.63) is 29.8 Å². The number of carbonyl (C=O) groups is 1. The molecule has 0 radical (unpaired) electrons. The van der Waals surface area contributed by atoms with Gasteiger partial charge in [-0.2, -0.15) is 0 Å². The lowest BCUT2D eigenvalue weighted by Gasteiger charge is -1.99. The van der Waals surface area contributed by atoms with Gasteiger partial charge in [-0.15, -0.1) is 11.6 Å². The fourth-order valence-corrected chi connectivity index (χ4v) is 1.25. The number of halogens is 1. The van der Waals surface area contributed by atoms with Crippen molar-refractivity contribution in [2.45, 2.75) is 12.8 Å². The number of hydrogen-bond acceptors (Lipinski definition) is 2. The molecule has 0 bridgehead atoms. The van der Waals surface area contributed by atoms with E-state index in [1.165, 1.54) is 0 Å². The predicted octanol–water partition coefficient (Wildman–Crippen LogP) is 2.13. The maximum absolute atomic E-state index is 11.2. The molecule has 0 unspecified atom stereocenters. The minimum absolute atomic E-state index is 0.126. The number of phenolic OH excluding ortho intramolecular Hbond substituents is 1. The van der Waals surface area contributed by atoms with Gasteiger partial charge in [0.05, 0.1) is 0 Å². The van der Waals surface area contributed by atoms with Crippen molar-refractivity contribution >= 4 is 17.4 Å². The standard InChI is InChI=1S/C10H11ClO2/c11-6-5-10(13)7-8-1-3-9(12)4-2-8/h1-4,12H,5-7H2. The summed E-state index contributed by atoms with van der Waals surface area (Å²) in [4.78, 5) is 11.2. The van der Waals surface area contributed by atoms with E-state index in [0.29, 0.717) is 18.7 Å². The molecule has 0 atom stereocenters. The van der Waals surface area contributed by atoms with Gasteiger partial charge in [-0.1, -0.05) is 12.1 Å².